The zero-order valence-corrected chi connectivity index (χ0v) is 45.7. The van der Waals surface area contributed by atoms with Crippen molar-refractivity contribution in [2.45, 2.75) is 125 Å². The molecule has 0 spiro atoms. The second kappa shape index (κ2) is 24.6. The van der Waals surface area contributed by atoms with Crippen molar-refractivity contribution < 1.29 is 39.5 Å². The Bertz CT molecular complexity index is 3290. The highest BCUT2D eigenvalue weighted by atomic mass is 32.2. The average molecular weight is 1050 g/mol. The van der Waals surface area contributed by atoms with E-state index < -0.39 is 19.7 Å². The van der Waals surface area contributed by atoms with Gasteiger partial charge in [-0.25, -0.2) is 49.9 Å². The van der Waals surface area contributed by atoms with E-state index in [1.165, 1.54) is 36.9 Å². The van der Waals surface area contributed by atoms with Gasteiger partial charge in [-0.15, -0.1) is 0 Å². The first-order valence-electron chi connectivity index (χ1n) is 25.3. The first-order valence-corrected chi connectivity index (χ1v) is 28.6. The molecule has 13 nitrogen and oxygen atoms in total. The van der Waals surface area contributed by atoms with Crippen LogP contribution in [0.15, 0.2) is 89.7 Å². The number of imidazole rings is 2. The lowest BCUT2D eigenvalue weighted by Gasteiger charge is -2.16. The van der Waals surface area contributed by atoms with Crippen LogP contribution in [-0.2, 0) is 58.2 Å². The summed E-state index contributed by atoms with van der Waals surface area (Å²) in [4.78, 5) is 21.4. The Morgan fingerprint density at radius 1 is 0.554 bits per heavy atom. The highest BCUT2D eigenvalue weighted by Crippen LogP contribution is 2.37. The minimum Gasteiger partial charge on any atom is -0.493 e. The molecule has 4 aliphatic heterocycles. The van der Waals surface area contributed by atoms with Crippen molar-refractivity contribution in [1.29, 1.82) is 0 Å². The third kappa shape index (κ3) is 11.5. The van der Waals surface area contributed by atoms with Crippen LogP contribution in [0.5, 0.6) is 11.5 Å². The molecule has 0 atom stereocenters. The molecule has 0 unspecified atom stereocenters. The quantitative estimate of drug-likeness (QED) is 0.162. The highest BCUT2D eigenvalue weighted by Gasteiger charge is 2.30. The van der Waals surface area contributed by atoms with Gasteiger partial charge in [0.1, 0.15) is 53.3 Å². The van der Waals surface area contributed by atoms with Crippen molar-refractivity contribution >= 4 is 30.7 Å². The number of ether oxygens (including phenoxy) is 2. The first-order chi connectivity index (χ1) is 35.6. The molecule has 9 heterocycles. The van der Waals surface area contributed by atoms with Crippen LogP contribution in [-0.4, -0.2) is 75.3 Å². The van der Waals surface area contributed by atoms with Gasteiger partial charge in [-0.2, -0.15) is 0 Å². The standard InChI is InChI=1S/C15H12FN3O2S.C15H14N4O2S.2C10H11FO.3C2H6/c1-9-17-7-13-12-3-2-11(16)6-10(12)4-5-22(20,21)15-14(13)19(9)8-18-15;1-9-3-4-11-12-7-16-10(2)19-8-17-15(14(12)19)22(20,21)6-5-13(11)18-9;2*1-2-7-8-5-6-12-10(8)4-3-9(7)11;3*1-2/h2-3,6-8H,4-5H2,1H3;3-4,7-8H,5-6H2,1-2H3;2*3-4H,2,5-6H2,1H3;3*1-2H3. The Labute approximate surface area is 433 Å². The number of hydrogen-bond acceptors (Lipinski definition) is 11. The van der Waals surface area contributed by atoms with Gasteiger partial charge < -0.3 is 9.47 Å². The molecule has 8 aromatic rings. The van der Waals surface area contributed by atoms with E-state index in [1.54, 1.807) is 46.3 Å². The molecule has 0 fully saturated rings. The van der Waals surface area contributed by atoms with Crippen LogP contribution in [0.2, 0.25) is 0 Å². The Balaban J connectivity index is 0.000000161. The molecule has 3 aromatic carbocycles. The Hall–Kier alpha value is -6.66. The summed E-state index contributed by atoms with van der Waals surface area (Å²) in [5.74, 6) is 2.46. The molecule has 0 N–H and O–H groups in total. The van der Waals surface area contributed by atoms with Crippen molar-refractivity contribution in [3.05, 3.63) is 148 Å². The maximum absolute atomic E-state index is 13.5. The van der Waals surface area contributed by atoms with Gasteiger partial charge in [0.2, 0.25) is 0 Å². The predicted octanol–water partition coefficient (Wildman–Crippen LogP) is 11.6. The van der Waals surface area contributed by atoms with Gasteiger partial charge in [0.25, 0.3) is 0 Å². The summed E-state index contributed by atoms with van der Waals surface area (Å²) in [6.45, 7) is 22.9. The number of hydrogen-bond donors (Lipinski definition) is 0. The van der Waals surface area contributed by atoms with Gasteiger partial charge in [-0.3, -0.25) is 13.8 Å². The summed E-state index contributed by atoms with van der Waals surface area (Å²) in [5.41, 5.74) is 10.4. The molecule has 18 heteroatoms. The van der Waals surface area contributed by atoms with Crippen LogP contribution >= 0.6 is 0 Å². The average Bonchev–Trinajstić information content (AvgIpc) is 4.26. The number of sulfone groups is 2. The third-order valence-corrected chi connectivity index (χ3v) is 15.9. The number of aromatic nitrogens is 7. The van der Waals surface area contributed by atoms with Gasteiger partial charge in [-0.1, -0.05) is 67.5 Å². The highest BCUT2D eigenvalue weighted by molar-refractivity contribution is 7.91. The summed E-state index contributed by atoms with van der Waals surface area (Å²) in [6, 6.07) is 14.8. The van der Waals surface area contributed by atoms with Crippen molar-refractivity contribution in [2.24, 2.45) is 0 Å². The van der Waals surface area contributed by atoms with E-state index >= 15 is 0 Å². The molecule has 0 amide bonds. The first kappa shape index (κ1) is 56.6. The summed E-state index contributed by atoms with van der Waals surface area (Å²) < 4.78 is 104. The number of nitrogens with zero attached hydrogens (tertiary/aromatic N) is 7. The van der Waals surface area contributed by atoms with Crippen LogP contribution in [0.1, 0.15) is 106 Å². The monoisotopic (exact) mass is 1050 g/mol. The smallest absolute Gasteiger partial charge is 0.198 e. The molecule has 74 heavy (non-hydrogen) atoms. The molecular formula is C56H66F3N7O6S2. The number of benzene rings is 3. The second-order valence-corrected chi connectivity index (χ2v) is 20.8. The van der Waals surface area contributed by atoms with Gasteiger partial charge in [0.15, 0.2) is 29.7 Å². The SMILES string of the molecule is CC.CC.CC.CCc1c(F)ccc2c1CCO2.CCc1c(F)ccc2c1CCO2.Cc1ccc2c(n1)CCS(=O)(=O)c1ncn3c(C)ncc-2c13.Cc1ncc2c3c(ncn13)S(=O)(=O)CCc1cc(F)ccc1-2. The zero-order valence-electron chi connectivity index (χ0n) is 44.1. The van der Waals surface area contributed by atoms with Crippen LogP contribution in [0.3, 0.4) is 0 Å². The number of aryl methyl sites for hydroxylation is 5. The summed E-state index contributed by atoms with van der Waals surface area (Å²) in [6.07, 6.45) is 10.2. The zero-order chi connectivity index (χ0) is 54.1. The fourth-order valence-corrected chi connectivity index (χ4v) is 12.0. The molecule has 0 saturated heterocycles. The molecule has 0 aliphatic carbocycles. The van der Waals surface area contributed by atoms with Gasteiger partial charge in [-0.05, 0) is 105 Å². The Morgan fingerprint density at radius 2 is 1.01 bits per heavy atom. The van der Waals surface area contributed by atoms with E-state index in [0.717, 1.165) is 87.5 Å². The molecule has 4 aliphatic rings. The Kier molecular flexibility index (Phi) is 18.8. The topological polar surface area (TPSA) is 160 Å². The number of pyridine rings is 1. The minimum absolute atomic E-state index is 0.0178. The lowest BCUT2D eigenvalue weighted by atomic mass is 9.98. The summed E-state index contributed by atoms with van der Waals surface area (Å²) >= 11 is 0. The number of rotatable bonds is 2. The fourth-order valence-electron chi connectivity index (χ4n) is 9.20. The summed E-state index contributed by atoms with van der Waals surface area (Å²) in [5, 5.41) is 0.210. The van der Waals surface area contributed by atoms with E-state index in [1.807, 2.05) is 81.4 Å². The van der Waals surface area contributed by atoms with Crippen molar-refractivity contribution in [1.82, 2.24) is 33.7 Å². The number of halogens is 3. The fraction of sp³-hybridized carbons (Fsp3) is 0.375. The maximum atomic E-state index is 13.5. The molecule has 0 bridgehead atoms. The van der Waals surface area contributed by atoms with Crippen molar-refractivity contribution in [3.8, 4) is 33.8 Å². The van der Waals surface area contributed by atoms with Crippen molar-refractivity contribution in [3.63, 3.8) is 0 Å². The molecule has 0 saturated carbocycles. The molecule has 5 aromatic heterocycles. The Morgan fingerprint density at radius 3 is 1.50 bits per heavy atom. The van der Waals surface area contributed by atoms with E-state index in [9.17, 15) is 30.0 Å². The largest absolute Gasteiger partial charge is 0.493 e. The van der Waals surface area contributed by atoms with E-state index in [4.69, 9.17) is 9.47 Å². The van der Waals surface area contributed by atoms with Crippen LogP contribution < -0.4 is 9.47 Å². The lowest BCUT2D eigenvalue weighted by Crippen LogP contribution is -2.15. The maximum Gasteiger partial charge on any atom is 0.198 e. The van der Waals surface area contributed by atoms with Crippen LogP contribution in [0.4, 0.5) is 13.2 Å². The predicted molar refractivity (Wildman–Crippen MR) is 284 cm³/mol. The van der Waals surface area contributed by atoms with Crippen LogP contribution in [0.25, 0.3) is 33.3 Å². The van der Waals surface area contributed by atoms with Gasteiger partial charge in [0.05, 0.1) is 35.8 Å². The molecular weight excluding hydrogens is 988 g/mol. The van der Waals surface area contributed by atoms with Gasteiger partial charge in [0, 0.05) is 70.9 Å². The second-order valence-electron chi connectivity index (χ2n) is 16.8. The number of fused-ring (bicyclic) bond motifs is 6. The molecule has 0 radical (unpaired) electrons. The minimum atomic E-state index is -3.52. The van der Waals surface area contributed by atoms with E-state index in [0.29, 0.717) is 53.4 Å². The van der Waals surface area contributed by atoms with Gasteiger partial charge >= 0.3 is 0 Å². The normalized spacial score (nSPS) is 14.4. The lowest BCUT2D eigenvalue weighted by molar-refractivity contribution is 0.356. The molecule has 12 rings (SSSR count). The van der Waals surface area contributed by atoms with E-state index in [-0.39, 0.29) is 45.4 Å². The van der Waals surface area contributed by atoms with E-state index in [2.05, 4.69) is 24.9 Å². The van der Waals surface area contributed by atoms with Crippen LogP contribution in [0, 0.1) is 38.2 Å². The summed E-state index contributed by atoms with van der Waals surface area (Å²) in [7, 11) is -6.96. The van der Waals surface area contributed by atoms with Crippen molar-refractivity contribution in [2.75, 3.05) is 24.7 Å². The third-order valence-electron chi connectivity index (χ3n) is 12.6. The molecule has 394 valence electrons.